The minimum atomic E-state index is -0.886. The van der Waals surface area contributed by atoms with Crippen LogP contribution < -0.4 is 15.8 Å². The topological polar surface area (TPSA) is 81.4 Å². The van der Waals surface area contributed by atoms with Gasteiger partial charge in [0.05, 0.1) is 0 Å². The number of rotatable bonds is 3. The highest BCUT2D eigenvalue weighted by Crippen LogP contribution is 2.24. The number of urea groups is 1. The summed E-state index contributed by atoms with van der Waals surface area (Å²) in [5.41, 5.74) is 6.10. The molecule has 1 atom stereocenters. The van der Waals surface area contributed by atoms with Crippen LogP contribution in [-0.2, 0) is 10.2 Å². The molecule has 3 amide bonds. The van der Waals surface area contributed by atoms with Crippen LogP contribution in [0.15, 0.2) is 24.3 Å². The molecule has 0 aliphatic carbocycles. The molecule has 19 heavy (non-hydrogen) atoms. The quantitative estimate of drug-likeness (QED) is 0.875. The Morgan fingerprint density at radius 1 is 1.21 bits per heavy atom. The standard InChI is InChI=1S/C14H20N2O3/c1-9(12(17)16-13(15)18)19-11-7-5-10(6-8-11)14(2,3)4/h5-9H,1-4H3,(H3,15,16,17,18). The van der Waals surface area contributed by atoms with Crippen molar-refractivity contribution in [1.29, 1.82) is 0 Å². The largest absolute Gasteiger partial charge is 0.481 e. The Labute approximate surface area is 113 Å². The van der Waals surface area contributed by atoms with E-state index in [4.69, 9.17) is 10.5 Å². The molecule has 0 spiro atoms. The Kier molecular flexibility index (Phi) is 4.53. The zero-order valence-corrected chi connectivity index (χ0v) is 11.7. The van der Waals surface area contributed by atoms with Crippen LogP contribution in [0.25, 0.3) is 0 Å². The number of primary amides is 1. The third-order valence-corrected chi connectivity index (χ3v) is 2.65. The molecule has 0 saturated heterocycles. The van der Waals surface area contributed by atoms with Crippen molar-refractivity contribution in [3.63, 3.8) is 0 Å². The molecule has 1 aromatic carbocycles. The van der Waals surface area contributed by atoms with Gasteiger partial charge in [0, 0.05) is 0 Å². The van der Waals surface area contributed by atoms with Gasteiger partial charge in [0.1, 0.15) is 5.75 Å². The number of nitrogens with one attached hydrogen (secondary N) is 1. The average Bonchev–Trinajstić information content (AvgIpc) is 2.27. The Balaban J connectivity index is 2.68. The van der Waals surface area contributed by atoms with Crippen molar-refractivity contribution in [1.82, 2.24) is 5.32 Å². The lowest BCUT2D eigenvalue weighted by atomic mass is 9.87. The van der Waals surface area contributed by atoms with Gasteiger partial charge in [0.15, 0.2) is 6.10 Å². The van der Waals surface area contributed by atoms with Gasteiger partial charge in [-0.1, -0.05) is 32.9 Å². The normalized spacial score (nSPS) is 12.6. The van der Waals surface area contributed by atoms with Gasteiger partial charge in [-0.2, -0.15) is 0 Å². The number of nitrogens with two attached hydrogens (primary N) is 1. The van der Waals surface area contributed by atoms with E-state index in [1.54, 1.807) is 19.1 Å². The molecule has 0 aliphatic rings. The van der Waals surface area contributed by atoms with E-state index < -0.39 is 18.0 Å². The summed E-state index contributed by atoms with van der Waals surface area (Å²) in [6, 6.07) is 6.62. The van der Waals surface area contributed by atoms with Crippen molar-refractivity contribution in [2.75, 3.05) is 0 Å². The monoisotopic (exact) mass is 264 g/mol. The summed E-state index contributed by atoms with van der Waals surface area (Å²) in [6.45, 7) is 7.90. The third kappa shape index (κ3) is 4.62. The van der Waals surface area contributed by atoms with Crippen molar-refractivity contribution < 1.29 is 14.3 Å². The number of imide groups is 1. The number of carbonyl (C=O) groups is 2. The Hall–Kier alpha value is -2.04. The summed E-state index contributed by atoms with van der Waals surface area (Å²) in [5.74, 6) is 0.00696. The highest BCUT2D eigenvalue weighted by Gasteiger charge is 2.17. The predicted molar refractivity (Wildman–Crippen MR) is 73.0 cm³/mol. The van der Waals surface area contributed by atoms with Crippen molar-refractivity contribution in [3.05, 3.63) is 29.8 Å². The summed E-state index contributed by atoms with van der Waals surface area (Å²) in [5, 5.41) is 1.97. The molecule has 0 radical (unpaired) electrons. The summed E-state index contributed by atoms with van der Waals surface area (Å²) in [7, 11) is 0. The highest BCUT2D eigenvalue weighted by molar-refractivity contribution is 5.95. The molecule has 0 aromatic heterocycles. The molecule has 0 heterocycles. The molecule has 1 unspecified atom stereocenters. The Morgan fingerprint density at radius 2 is 1.74 bits per heavy atom. The van der Waals surface area contributed by atoms with Gasteiger partial charge in [0.2, 0.25) is 0 Å². The van der Waals surface area contributed by atoms with E-state index in [1.807, 2.05) is 17.4 Å². The van der Waals surface area contributed by atoms with Gasteiger partial charge in [-0.3, -0.25) is 10.1 Å². The van der Waals surface area contributed by atoms with Crippen molar-refractivity contribution >= 4 is 11.9 Å². The second kappa shape index (κ2) is 5.73. The van der Waals surface area contributed by atoms with E-state index in [1.165, 1.54) is 5.56 Å². The minimum Gasteiger partial charge on any atom is -0.481 e. The molecule has 0 aliphatic heterocycles. The number of amides is 3. The average molecular weight is 264 g/mol. The molecule has 1 aromatic rings. The zero-order chi connectivity index (χ0) is 14.6. The number of carbonyl (C=O) groups excluding carboxylic acids is 2. The fraction of sp³-hybridized carbons (Fsp3) is 0.429. The maximum Gasteiger partial charge on any atom is 0.318 e. The van der Waals surface area contributed by atoms with Gasteiger partial charge < -0.3 is 10.5 Å². The van der Waals surface area contributed by atoms with Crippen molar-refractivity contribution in [3.8, 4) is 5.75 Å². The van der Waals surface area contributed by atoms with Gasteiger partial charge in [0.25, 0.3) is 5.91 Å². The summed E-state index contributed by atoms with van der Waals surface area (Å²) in [4.78, 5) is 22.0. The first-order valence-electron chi connectivity index (χ1n) is 6.07. The molecule has 0 saturated carbocycles. The molecule has 0 fully saturated rings. The Bertz CT molecular complexity index is 461. The van der Waals surface area contributed by atoms with Crippen LogP contribution in [0.2, 0.25) is 0 Å². The lowest BCUT2D eigenvalue weighted by Crippen LogP contribution is -2.42. The number of ether oxygens (including phenoxy) is 1. The lowest BCUT2D eigenvalue weighted by molar-refractivity contribution is -0.126. The maximum atomic E-state index is 11.4. The van der Waals surface area contributed by atoms with Crippen LogP contribution in [0.5, 0.6) is 5.75 Å². The Morgan fingerprint density at radius 3 is 2.16 bits per heavy atom. The van der Waals surface area contributed by atoms with E-state index in [9.17, 15) is 9.59 Å². The highest BCUT2D eigenvalue weighted by atomic mass is 16.5. The van der Waals surface area contributed by atoms with E-state index >= 15 is 0 Å². The molecule has 5 nitrogen and oxygen atoms in total. The number of benzene rings is 1. The lowest BCUT2D eigenvalue weighted by Gasteiger charge is -2.20. The van der Waals surface area contributed by atoms with Crippen molar-refractivity contribution in [2.45, 2.75) is 39.2 Å². The van der Waals surface area contributed by atoms with Crippen molar-refractivity contribution in [2.24, 2.45) is 5.73 Å². The van der Waals surface area contributed by atoms with Gasteiger partial charge in [-0.05, 0) is 30.0 Å². The van der Waals surface area contributed by atoms with Crippen LogP contribution >= 0.6 is 0 Å². The van der Waals surface area contributed by atoms with Crippen LogP contribution in [0.3, 0.4) is 0 Å². The first-order chi connectivity index (χ1) is 8.70. The first kappa shape index (κ1) is 15.0. The summed E-state index contributed by atoms with van der Waals surface area (Å²) in [6.07, 6.45) is -0.784. The summed E-state index contributed by atoms with van der Waals surface area (Å²) < 4.78 is 5.42. The third-order valence-electron chi connectivity index (χ3n) is 2.65. The first-order valence-corrected chi connectivity index (χ1v) is 6.07. The van der Waals surface area contributed by atoms with Gasteiger partial charge in [-0.15, -0.1) is 0 Å². The molecular formula is C14H20N2O3. The predicted octanol–water partition coefficient (Wildman–Crippen LogP) is 1.95. The van der Waals surface area contributed by atoms with Crippen LogP contribution in [-0.4, -0.2) is 18.0 Å². The smallest absolute Gasteiger partial charge is 0.318 e. The second-order valence-electron chi connectivity index (χ2n) is 5.39. The van der Waals surface area contributed by atoms with Crippen LogP contribution in [0.1, 0.15) is 33.3 Å². The maximum absolute atomic E-state index is 11.4. The minimum absolute atomic E-state index is 0.0630. The van der Waals surface area contributed by atoms with E-state index in [-0.39, 0.29) is 5.41 Å². The molecule has 0 bridgehead atoms. The molecule has 3 N–H and O–H groups in total. The van der Waals surface area contributed by atoms with E-state index in [0.29, 0.717) is 5.75 Å². The van der Waals surface area contributed by atoms with E-state index in [0.717, 1.165) is 0 Å². The van der Waals surface area contributed by atoms with Crippen LogP contribution in [0.4, 0.5) is 4.79 Å². The molecule has 104 valence electrons. The van der Waals surface area contributed by atoms with Gasteiger partial charge in [-0.25, -0.2) is 4.79 Å². The molecular weight excluding hydrogens is 244 g/mol. The van der Waals surface area contributed by atoms with Gasteiger partial charge >= 0.3 is 6.03 Å². The zero-order valence-electron chi connectivity index (χ0n) is 11.7. The summed E-state index contributed by atoms with van der Waals surface area (Å²) >= 11 is 0. The molecule has 5 heteroatoms. The fourth-order valence-electron chi connectivity index (χ4n) is 1.51. The SMILES string of the molecule is CC(Oc1ccc(C(C)(C)C)cc1)C(=O)NC(N)=O. The van der Waals surface area contributed by atoms with E-state index in [2.05, 4.69) is 20.8 Å². The number of hydrogen-bond acceptors (Lipinski definition) is 3. The van der Waals surface area contributed by atoms with Crippen LogP contribution in [0, 0.1) is 0 Å². The number of hydrogen-bond donors (Lipinski definition) is 2. The molecule has 1 rings (SSSR count). The fourth-order valence-corrected chi connectivity index (χ4v) is 1.51. The second-order valence-corrected chi connectivity index (χ2v) is 5.39.